The summed E-state index contributed by atoms with van der Waals surface area (Å²) in [5.41, 5.74) is 8.21. The van der Waals surface area contributed by atoms with Crippen molar-refractivity contribution in [1.82, 2.24) is 19.9 Å². The van der Waals surface area contributed by atoms with E-state index in [9.17, 15) is 0 Å². The van der Waals surface area contributed by atoms with Crippen molar-refractivity contribution in [3.63, 3.8) is 0 Å². The van der Waals surface area contributed by atoms with Crippen LogP contribution in [0.15, 0.2) is 36.8 Å². The zero-order valence-corrected chi connectivity index (χ0v) is 15.7. The molecule has 0 radical (unpaired) electrons. The average Bonchev–Trinajstić information content (AvgIpc) is 3.16. The van der Waals surface area contributed by atoms with Crippen LogP contribution in [-0.4, -0.2) is 34.7 Å². The summed E-state index contributed by atoms with van der Waals surface area (Å²) < 4.78 is 8.87. The lowest BCUT2D eigenvalue weighted by Gasteiger charge is -2.28. The number of thiophene rings is 1. The first-order chi connectivity index (χ1) is 12.3. The van der Waals surface area contributed by atoms with Crippen molar-refractivity contribution in [3.05, 3.63) is 36.8 Å². The van der Waals surface area contributed by atoms with Crippen molar-refractivity contribution in [2.24, 2.45) is 0 Å². The molecular weight excluding hydrogens is 370 g/mol. The highest BCUT2D eigenvalue weighted by Crippen LogP contribution is 2.42. The lowest BCUT2D eigenvalue weighted by molar-refractivity contribution is 0.350. The molecule has 26 heavy (non-hydrogen) atoms. The minimum atomic E-state index is 0. The van der Waals surface area contributed by atoms with E-state index in [0.717, 1.165) is 45.0 Å². The highest BCUT2D eigenvalue weighted by molar-refractivity contribution is 7.22. The summed E-state index contributed by atoms with van der Waals surface area (Å²) in [4.78, 5) is 9.87. The number of nitrogens with one attached hydrogen (secondary N) is 1. The SMILES string of the molecule is COc1cccc2cc(-c3cn(C4CNC4)c4ncnc(N)c34)sc12.Cl. The van der Waals surface area contributed by atoms with Crippen LogP contribution in [0.25, 0.3) is 31.6 Å². The van der Waals surface area contributed by atoms with Crippen LogP contribution in [0, 0.1) is 0 Å². The number of nitrogen functional groups attached to an aromatic ring is 1. The maximum Gasteiger partial charge on any atom is 0.146 e. The second kappa shape index (κ2) is 6.42. The van der Waals surface area contributed by atoms with E-state index in [-0.39, 0.29) is 12.4 Å². The lowest BCUT2D eigenvalue weighted by Crippen LogP contribution is -2.43. The van der Waals surface area contributed by atoms with Gasteiger partial charge in [0, 0.05) is 29.7 Å². The molecule has 1 fully saturated rings. The number of hydrogen-bond acceptors (Lipinski definition) is 6. The van der Waals surface area contributed by atoms with Gasteiger partial charge in [-0.1, -0.05) is 12.1 Å². The van der Waals surface area contributed by atoms with E-state index in [1.165, 1.54) is 11.7 Å². The van der Waals surface area contributed by atoms with Crippen molar-refractivity contribution in [2.45, 2.75) is 6.04 Å². The monoisotopic (exact) mass is 387 g/mol. The number of hydrogen-bond donors (Lipinski definition) is 2. The van der Waals surface area contributed by atoms with Crippen molar-refractivity contribution in [1.29, 1.82) is 0 Å². The zero-order chi connectivity index (χ0) is 17.0. The number of methoxy groups -OCH3 is 1. The molecule has 5 rings (SSSR count). The Hall–Kier alpha value is -2.35. The summed E-state index contributed by atoms with van der Waals surface area (Å²) in [5, 5.41) is 5.41. The number of ether oxygens (including phenoxy) is 1. The molecule has 0 unspecified atom stereocenters. The van der Waals surface area contributed by atoms with Gasteiger partial charge in [-0.2, -0.15) is 0 Å². The summed E-state index contributed by atoms with van der Waals surface area (Å²) in [6, 6.07) is 8.70. The Morgan fingerprint density at radius 2 is 2.15 bits per heavy atom. The molecule has 4 aromatic rings. The van der Waals surface area contributed by atoms with Crippen LogP contribution < -0.4 is 15.8 Å². The normalized spacial score (nSPS) is 14.3. The topological polar surface area (TPSA) is 78.0 Å². The van der Waals surface area contributed by atoms with Crippen LogP contribution in [-0.2, 0) is 0 Å². The van der Waals surface area contributed by atoms with E-state index in [1.54, 1.807) is 18.4 Å². The maximum absolute atomic E-state index is 6.22. The van der Waals surface area contributed by atoms with Crippen LogP contribution in [0.3, 0.4) is 0 Å². The van der Waals surface area contributed by atoms with Crippen molar-refractivity contribution < 1.29 is 4.74 Å². The predicted molar refractivity (Wildman–Crippen MR) is 108 cm³/mol. The number of anilines is 1. The van der Waals surface area contributed by atoms with Crippen LogP contribution >= 0.6 is 23.7 Å². The molecule has 1 aliphatic rings. The highest BCUT2D eigenvalue weighted by Gasteiger charge is 2.25. The molecule has 0 bridgehead atoms. The molecule has 134 valence electrons. The van der Waals surface area contributed by atoms with Gasteiger partial charge in [0.25, 0.3) is 0 Å². The van der Waals surface area contributed by atoms with Crippen molar-refractivity contribution >= 4 is 50.7 Å². The fraction of sp³-hybridized carbons (Fsp3) is 0.222. The lowest BCUT2D eigenvalue weighted by atomic mass is 10.1. The standard InChI is InChI=1S/C18H17N5OS.ClH/c1-24-13-4-2-3-10-5-14(25-16(10)13)12-8-23(11-6-20-7-11)18-15(12)17(19)21-9-22-18;/h2-5,8-9,11,20H,6-7H2,1H3,(H2,19,21,22);1H. The summed E-state index contributed by atoms with van der Waals surface area (Å²) in [7, 11) is 1.70. The largest absolute Gasteiger partial charge is 0.495 e. The second-order valence-corrected chi connectivity index (χ2v) is 7.26. The molecule has 6 nitrogen and oxygen atoms in total. The summed E-state index contributed by atoms with van der Waals surface area (Å²) in [6.07, 6.45) is 3.70. The van der Waals surface area contributed by atoms with Gasteiger partial charge < -0.3 is 20.4 Å². The Balaban J connectivity index is 0.00000168. The molecule has 0 atom stereocenters. The number of halogens is 1. The van der Waals surface area contributed by atoms with Gasteiger partial charge in [0.15, 0.2) is 0 Å². The van der Waals surface area contributed by atoms with Crippen LogP contribution in [0.2, 0.25) is 0 Å². The molecule has 1 saturated heterocycles. The molecule has 3 aromatic heterocycles. The number of rotatable bonds is 3. The molecule has 0 spiro atoms. The quantitative estimate of drug-likeness (QED) is 0.562. The Kier molecular flexibility index (Phi) is 4.22. The van der Waals surface area contributed by atoms with Gasteiger partial charge >= 0.3 is 0 Å². The van der Waals surface area contributed by atoms with Gasteiger partial charge in [0.1, 0.15) is 23.5 Å². The molecule has 4 heterocycles. The molecular formula is C18H18ClN5OS. The first-order valence-electron chi connectivity index (χ1n) is 8.15. The zero-order valence-electron chi connectivity index (χ0n) is 14.1. The van der Waals surface area contributed by atoms with E-state index in [2.05, 4.69) is 38.2 Å². The van der Waals surface area contributed by atoms with Gasteiger partial charge in [-0.15, -0.1) is 23.7 Å². The Labute approximate surface area is 160 Å². The number of aromatic nitrogens is 3. The van der Waals surface area contributed by atoms with Gasteiger partial charge in [0.2, 0.25) is 0 Å². The average molecular weight is 388 g/mol. The first-order valence-corrected chi connectivity index (χ1v) is 8.96. The third-order valence-electron chi connectivity index (χ3n) is 4.79. The Morgan fingerprint density at radius 3 is 2.88 bits per heavy atom. The number of fused-ring (bicyclic) bond motifs is 2. The van der Waals surface area contributed by atoms with E-state index in [0.29, 0.717) is 11.9 Å². The van der Waals surface area contributed by atoms with Crippen LogP contribution in [0.5, 0.6) is 5.75 Å². The molecule has 0 amide bonds. The summed E-state index contributed by atoms with van der Waals surface area (Å²) >= 11 is 1.71. The van der Waals surface area contributed by atoms with Gasteiger partial charge in [-0.3, -0.25) is 0 Å². The Morgan fingerprint density at radius 1 is 1.31 bits per heavy atom. The molecule has 3 N–H and O–H groups in total. The smallest absolute Gasteiger partial charge is 0.146 e. The molecule has 0 aliphatic carbocycles. The highest BCUT2D eigenvalue weighted by atomic mass is 35.5. The molecule has 1 aromatic carbocycles. The van der Waals surface area contributed by atoms with Crippen LogP contribution in [0.4, 0.5) is 5.82 Å². The fourth-order valence-corrected chi connectivity index (χ4v) is 4.54. The van der Waals surface area contributed by atoms with Crippen molar-refractivity contribution in [2.75, 3.05) is 25.9 Å². The summed E-state index contributed by atoms with van der Waals surface area (Å²) in [5.74, 6) is 1.42. The van der Waals surface area contributed by atoms with Gasteiger partial charge in [-0.05, 0) is 17.5 Å². The second-order valence-electron chi connectivity index (χ2n) is 6.21. The molecule has 0 saturated carbocycles. The van der Waals surface area contributed by atoms with Crippen LogP contribution in [0.1, 0.15) is 6.04 Å². The van der Waals surface area contributed by atoms with Gasteiger partial charge in [0.05, 0.1) is 23.2 Å². The third kappa shape index (κ3) is 2.43. The van der Waals surface area contributed by atoms with E-state index >= 15 is 0 Å². The van der Waals surface area contributed by atoms with E-state index in [1.807, 2.05) is 12.1 Å². The minimum absolute atomic E-state index is 0. The summed E-state index contributed by atoms with van der Waals surface area (Å²) in [6.45, 7) is 1.90. The number of nitrogens with two attached hydrogens (primary N) is 1. The van der Waals surface area contributed by atoms with E-state index in [4.69, 9.17) is 10.5 Å². The first kappa shape index (κ1) is 17.1. The number of benzene rings is 1. The molecule has 8 heteroatoms. The third-order valence-corrected chi connectivity index (χ3v) is 5.98. The number of nitrogens with zero attached hydrogens (tertiary/aromatic N) is 3. The van der Waals surface area contributed by atoms with Gasteiger partial charge in [-0.25, -0.2) is 9.97 Å². The Bertz CT molecular complexity index is 1100. The fourth-order valence-electron chi connectivity index (χ4n) is 3.37. The maximum atomic E-state index is 6.22. The van der Waals surface area contributed by atoms with Crippen molar-refractivity contribution in [3.8, 4) is 16.2 Å². The van der Waals surface area contributed by atoms with E-state index < -0.39 is 0 Å². The predicted octanol–water partition coefficient (Wildman–Crippen LogP) is 3.47. The minimum Gasteiger partial charge on any atom is -0.495 e. The molecule has 1 aliphatic heterocycles.